The minimum Gasteiger partial charge on any atom is -0.478 e. The van der Waals surface area contributed by atoms with E-state index < -0.39 is 11.9 Å². The summed E-state index contributed by atoms with van der Waals surface area (Å²) in [5.74, 6) is -2.42. The highest BCUT2D eigenvalue weighted by atomic mass is 16.5. The molecule has 0 aliphatic carbocycles. The number of hydrogen-bond donors (Lipinski definition) is 1. The lowest BCUT2D eigenvalue weighted by Crippen LogP contribution is -2.09. The molecule has 6 heteroatoms. The predicted molar refractivity (Wildman–Crippen MR) is 64.3 cm³/mol. The van der Waals surface area contributed by atoms with Crippen LogP contribution in [-0.2, 0) is 9.59 Å². The van der Waals surface area contributed by atoms with Crippen molar-refractivity contribution in [2.75, 3.05) is 0 Å². The number of benzene rings is 1. The molecule has 0 spiro atoms. The molecule has 0 atom stereocenters. The fourth-order valence-corrected chi connectivity index (χ4v) is 1.45. The van der Waals surface area contributed by atoms with Crippen LogP contribution in [0, 0.1) is 0 Å². The highest BCUT2D eigenvalue weighted by molar-refractivity contribution is 6.00. The van der Waals surface area contributed by atoms with E-state index in [1.807, 2.05) is 0 Å². The van der Waals surface area contributed by atoms with E-state index in [1.54, 1.807) is 0 Å². The summed E-state index contributed by atoms with van der Waals surface area (Å²) in [6.45, 7) is 1.15. The lowest BCUT2D eigenvalue weighted by atomic mass is 10.0. The zero-order chi connectivity index (χ0) is 14.4. The van der Waals surface area contributed by atoms with Gasteiger partial charge in [-0.2, -0.15) is 0 Å². The summed E-state index contributed by atoms with van der Waals surface area (Å²) in [6.07, 6.45) is 0.700. The van der Waals surface area contributed by atoms with Crippen molar-refractivity contribution in [2.24, 2.45) is 0 Å². The SMILES string of the molecule is CC(=O)Oc1ccc(C(=O)CCC=O)cc1C(=O)O. The molecule has 0 unspecified atom stereocenters. The Balaban J connectivity index is 3.08. The molecule has 0 saturated carbocycles. The first-order valence-corrected chi connectivity index (χ1v) is 5.48. The van der Waals surface area contributed by atoms with E-state index in [9.17, 15) is 19.2 Å². The van der Waals surface area contributed by atoms with Crippen molar-refractivity contribution >= 4 is 24.0 Å². The van der Waals surface area contributed by atoms with Crippen LogP contribution in [-0.4, -0.2) is 29.1 Å². The van der Waals surface area contributed by atoms with Gasteiger partial charge in [-0.3, -0.25) is 9.59 Å². The quantitative estimate of drug-likeness (QED) is 0.361. The molecule has 1 rings (SSSR count). The number of hydrogen-bond acceptors (Lipinski definition) is 5. The molecule has 0 heterocycles. The first-order valence-electron chi connectivity index (χ1n) is 5.48. The van der Waals surface area contributed by atoms with Crippen LogP contribution in [0.15, 0.2) is 18.2 Å². The Bertz CT molecular complexity index is 532. The van der Waals surface area contributed by atoms with Gasteiger partial charge in [0.15, 0.2) is 5.78 Å². The summed E-state index contributed by atoms with van der Waals surface area (Å²) in [7, 11) is 0. The van der Waals surface area contributed by atoms with Gasteiger partial charge in [0.25, 0.3) is 0 Å². The third-order valence-electron chi connectivity index (χ3n) is 2.27. The van der Waals surface area contributed by atoms with Crippen molar-refractivity contribution in [3.8, 4) is 5.75 Å². The number of carboxylic acid groups (broad SMARTS) is 1. The predicted octanol–water partition coefficient (Wildman–Crippen LogP) is 1.47. The number of Topliss-reactive ketones (excluding diaryl/α,β-unsaturated/α-hetero) is 1. The lowest BCUT2D eigenvalue weighted by molar-refractivity contribution is -0.131. The number of aromatic carboxylic acids is 1. The van der Waals surface area contributed by atoms with Crippen LogP contribution < -0.4 is 4.74 Å². The van der Waals surface area contributed by atoms with E-state index in [0.717, 1.165) is 13.0 Å². The maximum Gasteiger partial charge on any atom is 0.339 e. The highest BCUT2D eigenvalue weighted by Crippen LogP contribution is 2.21. The third kappa shape index (κ3) is 4.02. The standard InChI is InChI=1S/C13H12O6/c1-8(15)19-12-5-4-9(7-10(12)13(17)18)11(16)3-2-6-14/h4-7H,2-3H2,1H3,(H,17,18). The Morgan fingerprint density at radius 3 is 2.53 bits per heavy atom. The number of rotatable bonds is 6. The molecule has 0 bridgehead atoms. The number of carboxylic acids is 1. The van der Waals surface area contributed by atoms with E-state index >= 15 is 0 Å². The molecule has 0 aromatic heterocycles. The van der Waals surface area contributed by atoms with Gasteiger partial charge in [0.2, 0.25) is 0 Å². The molecule has 100 valence electrons. The number of esters is 1. The van der Waals surface area contributed by atoms with Gasteiger partial charge in [0, 0.05) is 25.3 Å². The lowest BCUT2D eigenvalue weighted by Gasteiger charge is -2.07. The van der Waals surface area contributed by atoms with Crippen LogP contribution in [0.5, 0.6) is 5.75 Å². The molecule has 19 heavy (non-hydrogen) atoms. The fourth-order valence-electron chi connectivity index (χ4n) is 1.45. The molecule has 0 fully saturated rings. The van der Waals surface area contributed by atoms with Crippen molar-refractivity contribution in [3.63, 3.8) is 0 Å². The van der Waals surface area contributed by atoms with Crippen molar-refractivity contribution in [3.05, 3.63) is 29.3 Å². The molecular formula is C13H12O6. The molecule has 0 radical (unpaired) electrons. The van der Waals surface area contributed by atoms with Crippen LogP contribution in [0.4, 0.5) is 0 Å². The second-order valence-electron chi connectivity index (χ2n) is 3.74. The minimum absolute atomic E-state index is 0.00940. The summed E-state index contributed by atoms with van der Waals surface area (Å²) < 4.78 is 4.74. The van der Waals surface area contributed by atoms with Gasteiger partial charge in [0.05, 0.1) is 0 Å². The van der Waals surface area contributed by atoms with E-state index in [4.69, 9.17) is 9.84 Å². The maximum atomic E-state index is 11.7. The Labute approximate surface area is 109 Å². The molecule has 0 saturated heterocycles. The summed E-state index contributed by atoms with van der Waals surface area (Å²) >= 11 is 0. The molecule has 0 amide bonds. The van der Waals surface area contributed by atoms with Gasteiger partial charge in [0.1, 0.15) is 17.6 Å². The number of ether oxygens (including phenoxy) is 1. The van der Waals surface area contributed by atoms with Crippen LogP contribution in [0.1, 0.15) is 40.5 Å². The Morgan fingerprint density at radius 1 is 1.32 bits per heavy atom. The zero-order valence-corrected chi connectivity index (χ0v) is 10.2. The smallest absolute Gasteiger partial charge is 0.339 e. The number of carbonyl (C=O) groups is 4. The zero-order valence-electron chi connectivity index (χ0n) is 10.2. The van der Waals surface area contributed by atoms with E-state index in [1.165, 1.54) is 12.1 Å². The fraction of sp³-hybridized carbons (Fsp3) is 0.231. The average molecular weight is 264 g/mol. The van der Waals surface area contributed by atoms with Gasteiger partial charge >= 0.3 is 11.9 Å². The summed E-state index contributed by atoms with van der Waals surface area (Å²) in [5, 5.41) is 9.00. The van der Waals surface area contributed by atoms with Crippen molar-refractivity contribution in [2.45, 2.75) is 19.8 Å². The number of aldehydes is 1. The third-order valence-corrected chi connectivity index (χ3v) is 2.27. The topological polar surface area (TPSA) is 97.7 Å². The van der Waals surface area contributed by atoms with Gasteiger partial charge in [-0.1, -0.05) is 0 Å². The monoisotopic (exact) mass is 264 g/mol. The number of ketones is 1. The summed E-state index contributed by atoms with van der Waals surface area (Å²) in [6, 6.07) is 3.74. The molecule has 0 aliphatic heterocycles. The number of carbonyl (C=O) groups excluding carboxylic acids is 3. The van der Waals surface area contributed by atoms with Gasteiger partial charge in [-0.05, 0) is 18.2 Å². The van der Waals surface area contributed by atoms with Gasteiger partial charge < -0.3 is 14.6 Å². The van der Waals surface area contributed by atoms with Gasteiger partial charge in [-0.25, -0.2) is 4.79 Å². The maximum absolute atomic E-state index is 11.7. The largest absolute Gasteiger partial charge is 0.478 e. The molecule has 0 aliphatic rings. The highest BCUT2D eigenvalue weighted by Gasteiger charge is 2.16. The van der Waals surface area contributed by atoms with E-state index in [2.05, 4.69) is 0 Å². The first kappa shape index (κ1) is 14.6. The van der Waals surface area contributed by atoms with Crippen molar-refractivity contribution < 1.29 is 29.0 Å². The normalized spacial score (nSPS) is 9.74. The Kier molecular flexibility index (Phi) is 4.93. The Morgan fingerprint density at radius 2 is 2.00 bits per heavy atom. The summed E-state index contributed by atoms with van der Waals surface area (Å²) in [5.41, 5.74) is -0.109. The van der Waals surface area contributed by atoms with Crippen LogP contribution in [0.25, 0.3) is 0 Å². The van der Waals surface area contributed by atoms with E-state index in [0.29, 0.717) is 6.29 Å². The minimum atomic E-state index is -1.30. The first-order chi connectivity index (χ1) is 8.95. The Hall–Kier alpha value is -2.50. The van der Waals surface area contributed by atoms with Crippen LogP contribution >= 0.6 is 0 Å². The second-order valence-corrected chi connectivity index (χ2v) is 3.74. The molecule has 1 N–H and O–H groups in total. The van der Waals surface area contributed by atoms with Crippen molar-refractivity contribution in [1.29, 1.82) is 0 Å². The van der Waals surface area contributed by atoms with E-state index in [-0.39, 0.29) is 35.5 Å². The summed E-state index contributed by atoms with van der Waals surface area (Å²) in [4.78, 5) is 43.7. The van der Waals surface area contributed by atoms with Gasteiger partial charge in [-0.15, -0.1) is 0 Å². The average Bonchev–Trinajstić information content (AvgIpc) is 2.35. The van der Waals surface area contributed by atoms with Crippen LogP contribution in [0.3, 0.4) is 0 Å². The molecule has 1 aromatic rings. The molecule has 6 nitrogen and oxygen atoms in total. The second kappa shape index (κ2) is 6.44. The van der Waals surface area contributed by atoms with Crippen LogP contribution in [0.2, 0.25) is 0 Å². The molecular weight excluding hydrogens is 252 g/mol. The van der Waals surface area contributed by atoms with Crippen molar-refractivity contribution in [1.82, 2.24) is 0 Å². The molecule has 1 aromatic carbocycles.